The molecule has 2 heterocycles. The van der Waals surface area contributed by atoms with Gasteiger partial charge in [0.2, 0.25) is 0 Å². The van der Waals surface area contributed by atoms with Gasteiger partial charge in [0, 0.05) is 48.9 Å². The highest BCUT2D eigenvalue weighted by Crippen LogP contribution is 2.40. The molecular weight excluding hydrogens is 514 g/mol. The molecular formula is C30H37N3O3S2. The van der Waals surface area contributed by atoms with E-state index >= 15 is 0 Å². The van der Waals surface area contributed by atoms with Gasteiger partial charge in [-0.3, -0.25) is 9.21 Å². The van der Waals surface area contributed by atoms with Gasteiger partial charge in [-0.05, 0) is 73.8 Å². The Kier molecular flexibility index (Phi) is 7.84. The van der Waals surface area contributed by atoms with E-state index in [4.69, 9.17) is 4.74 Å². The fourth-order valence-corrected chi connectivity index (χ4v) is 8.44. The van der Waals surface area contributed by atoms with Crippen LogP contribution in [0.5, 0.6) is 5.75 Å². The summed E-state index contributed by atoms with van der Waals surface area (Å²) in [6.07, 6.45) is 6.38. The van der Waals surface area contributed by atoms with Crippen LogP contribution in [0.25, 0.3) is 10.8 Å². The standard InChI is InChI=1S/C30H37N3O3S2/c34-38(35,28-12-10-24-6-1-2-7-25(24)22-28)33-19-21-37-30-13-11-27(23-29(30)33)36-20-5-15-31-14-4-16-32(18-17-31)26-8-3-9-26/h1-2,6-7,10-13,22-23,26H,3-5,8-9,14-21H2. The van der Waals surface area contributed by atoms with Crippen LogP contribution in [-0.4, -0.2) is 75.9 Å². The van der Waals surface area contributed by atoms with Crippen LogP contribution in [0.3, 0.4) is 0 Å². The molecule has 38 heavy (non-hydrogen) atoms. The van der Waals surface area contributed by atoms with E-state index in [1.807, 2.05) is 48.5 Å². The molecule has 1 saturated heterocycles. The van der Waals surface area contributed by atoms with Gasteiger partial charge >= 0.3 is 0 Å². The number of thioether (sulfide) groups is 1. The molecule has 0 N–H and O–H groups in total. The lowest BCUT2D eigenvalue weighted by molar-refractivity contribution is 0.130. The largest absolute Gasteiger partial charge is 0.493 e. The lowest BCUT2D eigenvalue weighted by Gasteiger charge is -2.36. The van der Waals surface area contributed by atoms with Crippen molar-refractivity contribution in [3.63, 3.8) is 0 Å². The van der Waals surface area contributed by atoms with Gasteiger partial charge in [-0.1, -0.05) is 36.8 Å². The third-order valence-electron chi connectivity index (χ3n) is 8.16. The Morgan fingerprint density at radius 2 is 1.74 bits per heavy atom. The van der Waals surface area contributed by atoms with Gasteiger partial charge in [0.05, 0.1) is 17.2 Å². The number of rotatable bonds is 8. The maximum Gasteiger partial charge on any atom is 0.264 e. The molecule has 6 nitrogen and oxygen atoms in total. The van der Waals surface area contributed by atoms with Crippen molar-refractivity contribution in [2.75, 3.05) is 55.9 Å². The topological polar surface area (TPSA) is 53.1 Å². The zero-order valence-electron chi connectivity index (χ0n) is 21.9. The van der Waals surface area contributed by atoms with Crippen molar-refractivity contribution in [1.82, 2.24) is 9.80 Å². The highest BCUT2D eigenvalue weighted by molar-refractivity contribution is 8.00. The summed E-state index contributed by atoms with van der Waals surface area (Å²) in [5.41, 5.74) is 0.718. The van der Waals surface area contributed by atoms with E-state index < -0.39 is 10.0 Å². The van der Waals surface area contributed by atoms with E-state index in [9.17, 15) is 8.42 Å². The molecule has 0 aromatic heterocycles. The molecule has 1 aliphatic carbocycles. The number of benzene rings is 3. The number of fused-ring (bicyclic) bond motifs is 2. The monoisotopic (exact) mass is 551 g/mol. The minimum Gasteiger partial charge on any atom is -0.493 e. The molecule has 202 valence electrons. The van der Waals surface area contributed by atoms with Gasteiger partial charge in [0.25, 0.3) is 10.0 Å². The van der Waals surface area contributed by atoms with Crippen LogP contribution >= 0.6 is 11.8 Å². The second-order valence-electron chi connectivity index (χ2n) is 10.6. The van der Waals surface area contributed by atoms with Crippen LogP contribution in [0, 0.1) is 0 Å². The van der Waals surface area contributed by atoms with Gasteiger partial charge in [-0.2, -0.15) is 0 Å². The van der Waals surface area contributed by atoms with Crippen LogP contribution in [-0.2, 0) is 10.0 Å². The summed E-state index contributed by atoms with van der Waals surface area (Å²) in [7, 11) is -3.68. The molecule has 3 aromatic carbocycles. The van der Waals surface area contributed by atoms with E-state index in [2.05, 4.69) is 9.80 Å². The van der Waals surface area contributed by atoms with Crippen molar-refractivity contribution in [3.05, 3.63) is 60.7 Å². The van der Waals surface area contributed by atoms with Crippen LogP contribution in [0.15, 0.2) is 70.5 Å². The van der Waals surface area contributed by atoms with Crippen molar-refractivity contribution in [1.29, 1.82) is 0 Å². The summed E-state index contributed by atoms with van der Waals surface area (Å²) in [6, 6.07) is 20.0. The number of sulfonamides is 1. The molecule has 3 aliphatic rings. The van der Waals surface area contributed by atoms with Crippen molar-refractivity contribution in [2.45, 2.75) is 47.9 Å². The molecule has 0 radical (unpaired) electrons. The second kappa shape index (κ2) is 11.5. The van der Waals surface area contributed by atoms with E-state index in [0.717, 1.165) is 58.4 Å². The smallest absolute Gasteiger partial charge is 0.264 e. The molecule has 6 rings (SSSR count). The van der Waals surface area contributed by atoms with Crippen molar-refractivity contribution in [2.24, 2.45) is 0 Å². The Bertz CT molecular complexity index is 1380. The minimum atomic E-state index is -3.68. The Balaban J connectivity index is 1.09. The maximum atomic E-state index is 13.7. The van der Waals surface area contributed by atoms with Crippen LogP contribution in [0.1, 0.15) is 32.1 Å². The third kappa shape index (κ3) is 5.55. The van der Waals surface area contributed by atoms with E-state index in [1.54, 1.807) is 28.2 Å². The van der Waals surface area contributed by atoms with Crippen LogP contribution in [0.2, 0.25) is 0 Å². The van der Waals surface area contributed by atoms with Crippen molar-refractivity contribution >= 4 is 38.2 Å². The summed E-state index contributed by atoms with van der Waals surface area (Å²) in [5, 5.41) is 1.96. The predicted molar refractivity (Wildman–Crippen MR) is 156 cm³/mol. The first-order valence-corrected chi connectivity index (χ1v) is 16.4. The zero-order chi connectivity index (χ0) is 26.0. The van der Waals surface area contributed by atoms with E-state index in [0.29, 0.717) is 18.0 Å². The highest BCUT2D eigenvalue weighted by Gasteiger charge is 2.30. The Labute approximate surface area is 231 Å². The molecule has 0 atom stereocenters. The highest BCUT2D eigenvalue weighted by atomic mass is 32.2. The van der Waals surface area contributed by atoms with Gasteiger partial charge in [0.1, 0.15) is 5.75 Å². The van der Waals surface area contributed by atoms with Crippen molar-refractivity contribution in [3.8, 4) is 5.75 Å². The number of anilines is 1. The first-order chi connectivity index (χ1) is 18.6. The summed E-state index contributed by atoms with van der Waals surface area (Å²) in [6.45, 7) is 6.87. The minimum absolute atomic E-state index is 0.327. The molecule has 2 aliphatic heterocycles. The number of hydrogen-bond donors (Lipinski definition) is 0. The Hall–Kier alpha value is -2.26. The molecule has 0 unspecified atom stereocenters. The number of hydrogen-bond acceptors (Lipinski definition) is 6. The van der Waals surface area contributed by atoms with Crippen LogP contribution < -0.4 is 9.04 Å². The number of ether oxygens (including phenoxy) is 1. The lowest BCUT2D eigenvalue weighted by atomic mass is 9.91. The molecule has 2 fully saturated rings. The van der Waals surface area contributed by atoms with Gasteiger partial charge in [-0.15, -0.1) is 11.8 Å². The molecule has 0 amide bonds. The first-order valence-electron chi connectivity index (χ1n) is 14.0. The van der Waals surface area contributed by atoms with Gasteiger partial charge < -0.3 is 9.64 Å². The molecule has 0 bridgehead atoms. The summed E-state index contributed by atoms with van der Waals surface area (Å²) in [5.74, 6) is 1.46. The fourth-order valence-electron chi connectivity index (χ4n) is 5.78. The Morgan fingerprint density at radius 3 is 2.58 bits per heavy atom. The number of nitrogens with zero attached hydrogens (tertiary/aromatic N) is 3. The normalized spacial score (nSPS) is 19.6. The molecule has 0 spiro atoms. The summed E-state index contributed by atoms with van der Waals surface area (Å²) in [4.78, 5) is 6.58. The summed E-state index contributed by atoms with van der Waals surface area (Å²) >= 11 is 1.70. The molecule has 8 heteroatoms. The van der Waals surface area contributed by atoms with Crippen molar-refractivity contribution < 1.29 is 13.2 Å². The van der Waals surface area contributed by atoms with E-state index in [-0.39, 0.29) is 0 Å². The SMILES string of the molecule is O=S(=O)(c1ccc2ccccc2c1)N1CCSc2ccc(OCCCN3CCCN(C4CCC4)CC3)cc21. The maximum absolute atomic E-state index is 13.7. The second-order valence-corrected chi connectivity index (χ2v) is 13.6. The predicted octanol–water partition coefficient (Wildman–Crippen LogP) is 5.47. The molecule has 3 aromatic rings. The third-order valence-corrected chi connectivity index (χ3v) is 11.0. The zero-order valence-corrected chi connectivity index (χ0v) is 23.6. The average Bonchev–Trinajstić information content (AvgIpc) is 3.15. The quantitative estimate of drug-likeness (QED) is 0.346. The fraction of sp³-hybridized carbons (Fsp3) is 0.467. The van der Waals surface area contributed by atoms with Gasteiger partial charge in [-0.25, -0.2) is 8.42 Å². The van der Waals surface area contributed by atoms with Crippen LogP contribution in [0.4, 0.5) is 5.69 Å². The average molecular weight is 552 g/mol. The van der Waals surface area contributed by atoms with E-state index in [1.165, 1.54) is 45.3 Å². The Morgan fingerprint density at radius 1 is 0.868 bits per heavy atom. The van der Waals surface area contributed by atoms with Gasteiger partial charge in [0.15, 0.2) is 0 Å². The summed E-state index contributed by atoms with van der Waals surface area (Å²) < 4.78 is 35.1. The first kappa shape index (κ1) is 26.0. The molecule has 1 saturated carbocycles. The lowest BCUT2D eigenvalue weighted by Crippen LogP contribution is -2.42.